The Hall–Kier alpha value is -0.450. The van der Waals surface area contributed by atoms with Crippen molar-refractivity contribution < 1.29 is 0 Å². The fraction of sp³-hybridized carbons (Fsp3) is 0.800. The highest BCUT2D eigenvalue weighted by atomic mass is 32.1. The fourth-order valence-electron chi connectivity index (χ4n) is 3.29. The summed E-state index contributed by atoms with van der Waals surface area (Å²) in [5.74, 6) is 0. The van der Waals surface area contributed by atoms with Crippen LogP contribution in [0.2, 0.25) is 0 Å². The summed E-state index contributed by atoms with van der Waals surface area (Å²) < 4.78 is 0. The van der Waals surface area contributed by atoms with Gasteiger partial charge in [-0.15, -0.1) is 11.3 Å². The molecule has 0 aliphatic heterocycles. The second-order valence-corrected chi connectivity index (χ2v) is 7.21. The Labute approximate surface area is 121 Å². The van der Waals surface area contributed by atoms with E-state index in [1.165, 1.54) is 44.2 Å². The van der Waals surface area contributed by atoms with Crippen molar-refractivity contribution in [2.24, 2.45) is 11.1 Å². The van der Waals surface area contributed by atoms with Crippen molar-refractivity contribution >= 4 is 11.3 Å². The van der Waals surface area contributed by atoms with E-state index in [2.05, 4.69) is 29.2 Å². The Morgan fingerprint density at radius 2 is 2.00 bits per heavy atom. The highest BCUT2D eigenvalue weighted by molar-refractivity contribution is 7.09. The van der Waals surface area contributed by atoms with Crippen molar-refractivity contribution in [3.63, 3.8) is 0 Å². The summed E-state index contributed by atoms with van der Waals surface area (Å²) in [7, 11) is 2.21. The van der Waals surface area contributed by atoms with Gasteiger partial charge < -0.3 is 5.73 Å². The van der Waals surface area contributed by atoms with E-state index in [1.807, 2.05) is 0 Å². The number of nitrogens with two attached hydrogens (primary N) is 1. The van der Waals surface area contributed by atoms with Gasteiger partial charge in [0.05, 0.1) is 10.7 Å². The van der Waals surface area contributed by atoms with E-state index in [9.17, 15) is 0 Å². The van der Waals surface area contributed by atoms with Gasteiger partial charge in [0.2, 0.25) is 0 Å². The van der Waals surface area contributed by atoms with Gasteiger partial charge in [-0.3, -0.25) is 4.90 Å². The molecule has 108 valence electrons. The molecule has 1 aliphatic carbocycles. The molecule has 1 fully saturated rings. The van der Waals surface area contributed by atoms with E-state index in [4.69, 9.17) is 5.73 Å². The van der Waals surface area contributed by atoms with Crippen LogP contribution in [-0.2, 0) is 6.54 Å². The van der Waals surface area contributed by atoms with Crippen LogP contribution in [-0.4, -0.2) is 30.0 Å². The van der Waals surface area contributed by atoms with Crippen molar-refractivity contribution in [2.45, 2.75) is 52.0 Å². The third-order valence-corrected chi connectivity index (χ3v) is 5.12. The van der Waals surface area contributed by atoms with Crippen molar-refractivity contribution in [3.05, 3.63) is 16.1 Å². The predicted octanol–water partition coefficient (Wildman–Crippen LogP) is 3.18. The largest absolute Gasteiger partial charge is 0.330 e. The lowest BCUT2D eigenvalue weighted by molar-refractivity contribution is 0.152. The minimum Gasteiger partial charge on any atom is -0.330 e. The topological polar surface area (TPSA) is 42.2 Å². The molecule has 0 radical (unpaired) electrons. The molecule has 19 heavy (non-hydrogen) atoms. The molecule has 0 atom stereocenters. The summed E-state index contributed by atoms with van der Waals surface area (Å²) in [5.41, 5.74) is 7.66. The first-order valence-electron chi connectivity index (χ1n) is 7.43. The molecule has 1 heterocycles. The Morgan fingerprint density at radius 3 is 2.53 bits per heavy atom. The molecule has 4 heteroatoms. The van der Waals surface area contributed by atoms with Gasteiger partial charge in [0.25, 0.3) is 0 Å². The standard InChI is InChI=1S/C15H27N3S/c1-13-17-14(10-19-13)9-18(2)12-15(11-16)7-5-3-4-6-8-15/h10H,3-9,11-12,16H2,1-2H3. The van der Waals surface area contributed by atoms with Crippen molar-refractivity contribution in [2.75, 3.05) is 20.1 Å². The quantitative estimate of drug-likeness (QED) is 0.843. The fourth-order valence-corrected chi connectivity index (χ4v) is 3.90. The Morgan fingerprint density at radius 1 is 1.32 bits per heavy atom. The highest BCUT2D eigenvalue weighted by Crippen LogP contribution is 2.35. The summed E-state index contributed by atoms with van der Waals surface area (Å²) in [6, 6.07) is 0. The number of aromatic nitrogens is 1. The number of nitrogens with zero attached hydrogens (tertiary/aromatic N) is 2. The van der Waals surface area contributed by atoms with Crippen LogP contribution in [0.25, 0.3) is 0 Å². The number of hydrogen-bond acceptors (Lipinski definition) is 4. The zero-order valence-electron chi connectivity index (χ0n) is 12.3. The lowest BCUT2D eigenvalue weighted by Gasteiger charge is -2.35. The number of thiazole rings is 1. The maximum atomic E-state index is 6.11. The van der Waals surface area contributed by atoms with E-state index in [0.29, 0.717) is 5.41 Å². The van der Waals surface area contributed by atoms with Crippen molar-refractivity contribution in [1.82, 2.24) is 9.88 Å². The van der Waals surface area contributed by atoms with Gasteiger partial charge in [0.1, 0.15) is 0 Å². The number of rotatable bonds is 5. The van der Waals surface area contributed by atoms with E-state index in [0.717, 1.165) is 24.6 Å². The molecule has 0 unspecified atom stereocenters. The smallest absolute Gasteiger partial charge is 0.0897 e. The molecule has 0 saturated heterocycles. The molecule has 0 amide bonds. The second-order valence-electron chi connectivity index (χ2n) is 6.15. The molecule has 0 spiro atoms. The Bertz CT molecular complexity index is 380. The summed E-state index contributed by atoms with van der Waals surface area (Å²) in [4.78, 5) is 6.97. The Balaban J connectivity index is 1.93. The molecular weight excluding hydrogens is 254 g/mol. The van der Waals surface area contributed by atoms with Gasteiger partial charge in [-0.2, -0.15) is 0 Å². The van der Waals surface area contributed by atoms with Crippen molar-refractivity contribution in [3.8, 4) is 0 Å². The monoisotopic (exact) mass is 281 g/mol. The molecule has 1 aromatic heterocycles. The van der Waals surface area contributed by atoms with E-state index >= 15 is 0 Å². The number of hydrogen-bond donors (Lipinski definition) is 1. The first-order chi connectivity index (χ1) is 9.13. The molecular formula is C15H27N3S. The molecule has 2 rings (SSSR count). The lowest BCUT2D eigenvalue weighted by atomic mass is 9.80. The first kappa shape index (κ1) is 14.9. The number of aryl methyl sites for hydroxylation is 1. The Kier molecular flexibility index (Phi) is 5.37. The van der Waals surface area contributed by atoms with Crippen LogP contribution in [0.15, 0.2) is 5.38 Å². The van der Waals surface area contributed by atoms with E-state index in [-0.39, 0.29) is 0 Å². The van der Waals surface area contributed by atoms with E-state index < -0.39 is 0 Å². The molecule has 2 N–H and O–H groups in total. The van der Waals surface area contributed by atoms with Crippen LogP contribution in [0.4, 0.5) is 0 Å². The first-order valence-corrected chi connectivity index (χ1v) is 8.31. The molecule has 0 bridgehead atoms. The highest BCUT2D eigenvalue weighted by Gasteiger charge is 2.30. The summed E-state index contributed by atoms with van der Waals surface area (Å²) in [6.45, 7) is 4.96. The minimum absolute atomic E-state index is 0.344. The minimum atomic E-state index is 0.344. The van der Waals surface area contributed by atoms with Crippen LogP contribution in [0.1, 0.15) is 49.2 Å². The molecule has 1 aromatic rings. The SMILES string of the molecule is Cc1nc(CN(C)CC2(CN)CCCCCC2)cs1. The lowest BCUT2D eigenvalue weighted by Crippen LogP contribution is -2.40. The predicted molar refractivity (Wildman–Crippen MR) is 82.4 cm³/mol. The average Bonchev–Trinajstić information content (AvgIpc) is 2.65. The molecule has 1 aliphatic rings. The van der Waals surface area contributed by atoms with E-state index in [1.54, 1.807) is 11.3 Å². The summed E-state index contributed by atoms with van der Waals surface area (Å²) >= 11 is 1.74. The van der Waals surface area contributed by atoms with Crippen LogP contribution in [0.3, 0.4) is 0 Å². The zero-order valence-corrected chi connectivity index (χ0v) is 13.1. The van der Waals surface area contributed by atoms with Gasteiger partial charge in [-0.05, 0) is 38.8 Å². The second kappa shape index (κ2) is 6.82. The molecule has 3 nitrogen and oxygen atoms in total. The van der Waals surface area contributed by atoms with Crippen LogP contribution in [0.5, 0.6) is 0 Å². The molecule has 0 aromatic carbocycles. The van der Waals surface area contributed by atoms with Gasteiger partial charge in [-0.1, -0.05) is 25.7 Å². The van der Waals surface area contributed by atoms with Crippen LogP contribution < -0.4 is 5.73 Å². The van der Waals surface area contributed by atoms with Crippen LogP contribution >= 0.6 is 11.3 Å². The third-order valence-electron chi connectivity index (χ3n) is 4.30. The summed E-state index contributed by atoms with van der Waals surface area (Å²) in [6.07, 6.45) is 8.06. The maximum Gasteiger partial charge on any atom is 0.0897 e. The normalized spacial score (nSPS) is 19.6. The third kappa shape index (κ3) is 4.26. The maximum absolute atomic E-state index is 6.11. The van der Waals surface area contributed by atoms with Gasteiger partial charge in [0.15, 0.2) is 0 Å². The summed E-state index contributed by atoms with van der Waals surface area (Å²) in [5, 5.41) is 3.33. The van der Waals surface area contributed by atoms with Gasteiger partial charge >= 0.3 is 0 Å². The van der Waals surface area contributed by atoms with Gasteiger partial charge in [-0.25, -0.2) is 4.98 Å². The van der Waals surface area contributed by atoms with Crippen LogP contribution in [0, 0.1) is 12.3 Å². The van der Waals surface area contributed by atoms with Crippen molar-refractivity contribution in [1.29, 1.82) is 0 Å². The average molecular weight is 281 g/mol. The molecule has 1 saturated carbocycles. The van der Waals surface area contributed by atoms with Gasteiger partial charge in [0, 0.05) is 18.5 Å². The zero-order chi connectivity index (χ0) is 13.7.